The molecule has 0 saturated carbocycles. The third kappa shape index (κ3) is 5.88. The first-order chi connectivity index (χ1) is 28.2. The number of nitrogens with zero attached hydrogens (tertiary/aromatic N) is 1. The standard InChI is InChI=1S/C54H35NOS/c1-3-12-36(13-4-1)37-22-24-38(25-23-37)39-26-29-42(30-27-39)55(50-19-11-18-48-45-16-7-9-20-51(45)56-54(48)50)43-31-33-44(40-14-5-2-6-15-40)49(35-43)41-28-32-47-46-17-8-10-21-52(46)57-53(47)34-41/h1-35H. The second-order valence-corrected chi connectivity index (χ2v) is 15.6. The number of anilines is 3. The minimum atomic E-state index is 0.861. The molecule has 0 aliphatic heterocycles. The van der Waals surface area contributed by atoms with Crippen molar-refractivity contribution in [3.8, 4) is 44.5 Å². The predicted octanol–water partition coefficient (Wildman–Crippen LogP) is 16.1. The van der Waals surface area contributed by atoms with E-state index in [4.69, 9.17) is 4.42 Å². The highest BCUT2D eigenvalue weighted by Gasteiger charge is 2.21. The lowest BCUT2D eigenvalue weighted by atomic mass is 9.93. The maximum atomic E-state index is 6.69. The molecule has 0 aliphatic carbocycles. The number of hydrogen-bond donors (Lipinski definition) is 0. The summed E-state index contributed by atoms with van der Waals surface area (Å²) in [6, 6.07) is 76.4. The van der Waals surface area contributed by atoms with Gasteiger partial charge in [-0.05, 0) is 93.0 Å². The predicted molar refractivity (Wildman–Crippen MR) is 243 cm³/mol. The third-order valence-electron chi connectivity index (χ3n) is 11.1. The highest BCUT2D eigenvalue weighted by Crippen LogP contribution is 2.46. The van der Waals surface area contributed by atoms with Crippen LogP contribution >= 0.6 is 11.3 Å². The SMILES string of the molecule is c1ccc(-c2ccc(-c3ccc(N(c4ccc(-c5ccccc5)c(-c5ccc6c(c5)sc5ccccc56)c4)c4cccc5c4oc4ccccc45)cc3)cc2)cc1. The molecular weight excluding hydrogens is 711 g/mol. The van der Waals surface area contributed by atoms with Gasteiger partial charge in [-0.25, -0.2) is 0 Å². The van der Waals surface area contributed by atoms with Gasteiger partial charge in [-0.2, -0.15) is 0 Å². The summed E-state index contributed by atoms with van der Waals surface area (Å²) in [4.78, 5) is 2.35. The smallest absolute Gasteiger partial charge is 0.159 e. The fraction of sp³-hybridized carbons (Fsp3) is 0. The number of furan rings is 1. The van der Waals surface area contributed by atoms with Crippen molar-refractivity contribution in [1.82, 2.24) is 0 Å². The van der Waals surface area contributed by atoms with Crippen molar-refractivity contribution in [2.75, 3.05) is 4.90 Å². The zero-order chi connectivity index (χ0) is 37.7. The summed E-state index contributed by atoms with van der Waals surface area (Å²) in [7, 11) is 0. The highest BCUT2D eigenvalue weighted by molar-refractivity contribution is 7.25. The molecule has 0 aliphatic rings. The van der Waals surface area contributed by atoms with Crippen LogP contribution in [-0.4, -0.2) is 0 Å². The lowest BCUT2D eigenvalue weighted by Gasteiger charge is -2.27. The van der Waals surface area contributed by atoms with Gasteiger partial charge in [0.1, 0.15) is 5.58 Å². The molecule has 0 N–H and O–H groups in total. The second-order valence-electron chi connectivity index (χ2n) is 14.5. The van der Waals surface area contributed by atoms with E-state index in [1.165, 1.54) is 59.1 Å². The van der Waals surface area contributed by atoms with E-state index in [9.17, 15) is 0 Å². The van der Waals surface area contributed by atoms with Crippen molar-refractivity contribution in [2.45, 2.75) is 0 Å². The molecule has 2 nitrogen and oxygen atoms in total. The van der Waals surface area contributed by atoms with Crippen molar-refractivity contribution in [3.63, 3.8) is 0 Å². The molecule has 57 heavy (non-hydrogen) atoms. The molecule has 0 saturated heterocycles. The van der Waals surface area contributed by atoms with E-state index >= 15 is 0 Å². The molecule has 2 heterocycles. The molecule has 0 unspecified atom stereocenters. The van der Waals surface area contributed by atoms with Crippen molar-refractivity contribution < 1.29 is 4.42 Å². The van der Waals surface area contributed by atoms with E-state index in [1.54, 1.807) is 0 Å². The molecule has 0 atom stereocenters. The highest BCUT2D eigenvalue weighted by atomic mass is 32.1. The average Bonchev–Trinajstić information content (AvgIpc) is 3.86. The summed E-state index contributed by atoms with van der Waals surface area (Å²) in [5.41, 5.74) is 14.3. The largest absolute Gasteiger partial charge is 0.454 e. The minimum absolute atomic E-state index is 0.861. The molecule has 11 rings (SSSR count). The summed E-state index contributed by atoms with van der Waals surface area (Å²) in [6.45, 7) is 0. The van der Waals surface area contributed by atoms with Crippen molar-refractivity contribution in [3.05, 3.63) is 212 Å². The number of hydrogen-bond acceptors (Lipinski definition) is 3. The number of benzene rings is 9. The molecular formula is C54H35NOS. The first-order valence-electron chi connectivity index (χ1n) is 19.3. The van der Waals surface area contributed by atoms with Crippen LogP contribution in [0.15, 0.2) is 217 Å². The maximum Gasteiger partial charge on any atom is 0.159 e. The van der Waals surface area contributed by atoms with Gasteiger partial charge in [0.2, 0.25) is 0 Å². The first-order valence-corrected chi connectivity index (χ1v) is 20.1. The maximum absolute atomic E-state index is 6.69. The topological polar surface area (TPSA) is 16.4 Å². The van der Waals surface area contributed by atoms with Crippen LogP contribution < -0.4 is 4.90 Å². The van der Waals surface area contributed by atoms with Crippen LogP contribution in [0.25, 0.3) is 86.6 Å². The Morgan fingerprint density at radius 2 is 0.895 bits per heavy atom. The molecule has 9 aromatic carbocycles. The third-order valence-corrected chi connectivity index (χ3v) is 12.2. The molecule has 268 valence electrons. The van der Waals surface area contributed by atoms with Gasteiger partial charge < -0.3 is 9.32 Å². The van der Waals surface area contributed by atoms with Crippen LogP contribution in [0.1, 0.15) is 0 Å². The molecule has 3 heteroatoms. The van der Waals surface area contributed by atoms with Crippen molar-refractivity contribution in [2.24, 2.45) is 0 Å². The van der Waals surface area contributed by atoms with Gasteiger partial charge >= 0.3 is 0 Å². The normalized spacial score (nSPS) is 11.5. The lowest BCUT2D eigenvalue weighted by molar-refractivity contribution is 0.669. The fourth-order valence-electron chi connectivity index (χ4n) is 8.30. The monoisotopic (exact) mass is 745 g/mol. The Morgan fingerprint density at radius 3 is 1.65 bits per heavy atom. The van der Waals surface area contributed by atoms with Crippen LogP contribution in [0.2, 0.25) is 0 Å². The Labute approximate surface area is 335 Å². The fourth-order valence-corrected chi connectivity index (χ4v) is 9.44. The van der Waals surface area contributed by atoms with Gasteiger partial charge in [0.15, 0.2) is 5.58 Å². The van der Waals surface area contributed by atoms with Crippen LogP contribution in [-0.2, 0) is 0 Å². The van der Waals surface area contributed by atoms with Gasteiger partial charge in [0, 0.05) is 42.3 Å². The summed E-state index contributed by atoms with van der Waals surface area (Å²) in [5.74, 6) is 0. The quantitative estimate of drug-likeness (QED) is 0.162. The summed E-state index contributed by atoms with van der Waals surface area (Å²) in [6.07, 6.45) is 0. The molecule has 0 bridgehead atoms. The summed E-state index contributed by atoms with van der Waals surface area (Å²) < 4.78 is 9.29. The molecule has 0 amide bonds. The zero-order valence-corrected chi connectivity index (χ0v) is 31.8. The number of para-hydroxylation sites is 2. The summed E-state index contributed by atoms with van der Waals surface area (Å²) in [5, 5.41) is 4.81. The summed E-state index contributed by atoms with van der Waals surface area (Å²) >= 11 is 1.86. The van der Waals surface area contributed by atoms with Gasteiger partial charge in [0.05, 0.1) is 5.69 Å². The van der Waals surface area contributed by atoms with E-state index < -0.39 is 0 Å². The number of fused-ring (bicyclic) bond motifs is 6. The lowest BCUT2D eigenvalue weighted by Crippen LogP contribution is -2.10. The number of thiophene rings is 1. The average molecular weight is 746 g/mol. The van der Waals surface area contributed by atoms with E-state index in [1.807, 2.05) is 17.4 Å². The molecule has 2 aromatic heterocycles. The molecule has 11 aromatic rings. The Morgan fingerprint density at radius 1 is 0.333 bits per heavy atom. The van der Waals surface area contributed by atoms with E-state index in [2.05, 4.69) is 211 Å². The van der Waals surface area contributed by atoms with E-state index in [0.29, 0.717) is 0 Å². The molecule has 0 spiro atoms. The Hall–Kier alpha value is -7.20. The van der Waals surface area contributed by atoms with Gasteiger partial charge in [-0.3, -0.25) is 0 Å². The minimum Gasteiger partial charge on any atom is -0.454 e. The van der Waals surface area contributed by atoms with Crippen LogP contribution in [0.3, 0.4) is 0 Å². The number of rotatable bonds is 7. The van der Waals surface area contributed by atoms with Crippen molar-refractivity contribution >= 4 is 70.5 Å². The van der Waals surface area contributed by atoms with Gasteiger partial charge in [-0.1, -0.05) is 164 Å². The second kappa shape index (κ2) is 13.8. The van der Waals surface area contributed by atoms with Crippen LogP contribution in [0, 0.1) is 0 Å². The first kappa shape index (κ1) is 33.2. The van der Waals surface area contributed by atoms with Crippen LogP contribution in [0.5, 0.6) is 0 Å². The van der Waals surface area contributed by atoms with E-state index in [-0.39, 0.29) is 0 Å². The zero-order valence-electron chi connectivity index (χ0n) is 31.0. The van der Waals surface area contributed by atoms with Gasteiger partial charge in [-0.15, -0.1) is 11.3 Å². The van der Waals surface area contributed by atoms with E-state index in [0.717, 1.165) is 44.6 Å². The Balaban J connectivity index is 1.08. The Bertz CT molecular complexity index is 3210. The van der Waals surface area contributed by atoms with Crippen molar-refractivity contribution in [1.29, 1.82) is 0 Å². The Kier molecular flexibility index (Phi) is 8.04. The van der Waals surface area contributed by atoms with Crippen LogP contribution in [0.4, 0.5) is 17.1 Å². The molecule has 0 fully saturated rings. The van der Waals surface area contributed by atoms with Gasteiger partial charge in [0.25, 0.3) is 0 Å². The molecule has 0 radical (unpaired) electrons.